The van der Waals surface area contributed by atoms with Gasteiger partial charge in [0.2, 0.25) is 5.91 Å². The first-order valence-electron chi connectivity index (χ1n) is 4.84. The van der Waals surface area contributed by atoms with Crippen LogP contribution in [0.1, 0.15) is 19.3 Å². The minimum Gasteiger partial charge on any atom is -0.326 e. The van der Waals surface area contributed by atoms with E-state index >= 15 is 0 Å². The normalized spacial score (nSPS) is 34.5. The maximum atomic E-state index is 11.4. The monoisotopic (exact) mass is 200 g/mol. The van der Waals surface area contributed by atoms with Crippen LogP contribution in [0, 0.1) is 0 Å². The third-order valence-corrected chi connectivity index (χ3v) is 4.10. The van der Waals surface area contributed by atoms with Gasteiger partial charge >= 0.3 is 0 Å². The molecule has 1 N–H and O–H groups in total. The summed E-state index contributed by atoms with van der Waals surface area (Å²) in [4.78, 5) is 13.4. The highest BCUT2D eigenvalue weighted by molar-refractivity contribution is 7.99. The Morgan fingerprint density at radius 3 is 2.92 bits per heavy atom. The van der Waals surface area contributed by atoms with Gasteiger partial charge in [-0.3, -0.25) is 10.1 Å². The number of rotatable bonds is 2. The molecule has 1 amide bonds. The molecule has 1 saturated carbocycles. The summed E-state index contributed by atoms with van der Waals surface area (Å²) in [7, 11) is 0. The third-order valence-electron chi connectivity index (χ3n) is 3.01. The lowest BCUT2D eigenvalue weighted by molar-refractivity contribution is -0.128. The van der Waals surface area contributed by atoms with Crippen molar-refractivity contribution >= 4 is 17.7 Å². The number of nitrogens with zero attached hydrogens (tertiary/aromatic N) is 1. The minimum atomic E-state index is 0.284. The molecule has 1 aliphatic heterocycles. The van der Waals surface area contributed by atoms with Crippen molar-refractivity contribution in [2.75, 3.05) is 19.5 Å². The van der Waals surface area contributed by atoms with Crippen molar-refractivity contribution in [3.05, 3.63) is 0 Å². The summed E-state index contributed by atoms with van der Waals surface area (Å²) in [6.07, 6.45) is 5.82. The number of thioether (sulfide) groups is 1. The molecule has 3 nitrogen and oxygen atoms in total. The van der Waals surface area contributed by atoms with Crippen molar-refractivity contribution in [1.82, 2.24) is 10.2 Å². The minimum absolute atomic E-state index is 0.284. The van der Waals surface area contributed by atoms with Gasteiger partial charge in [-0.15, -0.1) is 0 Å². The molecule has 1 aliphatic carbocycles. The van der Waals surface area contributed by atoms with Crippen molar-refractivity contribution in [2.45, 2.75) is 30.6 Å². The first-order valence-corrected chi connectivity index (χ1v) is 6.13. The van der Waals surface area contributed by atoms with Crippen LogP contribution in [0.3, 0.4) is 0 Å². The third kappa shape index (κ3) is 1.83. The van der Waals surface area contributed by atoms with E-state index < -0.39 is 0 Å². The molecule has 0 bridgehead atoms. The summed E-state index contributed by atoms with van der Waals surface area (Å²) in [5.74, 6) is 0.284. The van der Waals surface area contributed by atoms with Crippen molar-refractivity contribution < 1.29 is 4.79 Å². The van der Waals surface area contributed by atoms with Crippen LogP contribution in [0.4, 0.5) is 0 Å². The molecular formula is C9H16N2OS. The predicted molar refractivity (Wildman–Crippen MR) is 54.7 cm³/mol. The molecule has 0 aromatic rings. The van der Waals surface area contributed by atoms with Crippen LogP contribution in [0.5, 0.6) is 0 Å². The largest absolute Gasteiger partial charge is 0.326 e. The highest BCUT2D eigenvalue weighted by Crippen LogP contribution is 2.31. The molecular weight excluding hydrogens is 184 g/mol. The molecule has 2 unspecified atom stereocenters. The molecule has 13 heavy (non-hydrogen) atoms. The van der Waals surface area contributed by atoms with Crippen LogP contribution >= 0.6 is 11.8 Å². The average molecular weight is 200 g/mol. The zero-order valence-electron chi connectivity index (χ0n) is 7.95. The molecule has 0 spiro atoms. The van der Waals surface area contributed by atoms with Gasteiger partial charge in [0.1, 0.15) is 0 Å². The highest BCUT2D eigenvalue weighted by Gasteiger charge is 2.33. The molecule has 0 aromatic carbocycles. The zero-order chi connectivity index (χ0) is 9.26. The second-order valence-electron chi connectivity index (χ2n) is 3.77. The Bertz CT molecular complexity index is 210. The fraction of sp³-hybridized carbons (Fsp3) is 0.889. The second kappa shape index (κ2) is 3.88. The van der Waals surface area contributed by atoms with E-state index in [4.69, 9.17) is 0 Å². The Kier molecular flexibility index (Phi) is 2.79. The van der Waals surface area contributed by atoms with Gasteiger partial charge in [-0.1, -0.05) is 0 Å². The van der Waals surface area contributed by atoms with E-state index in [2.05, 4.69) is 11.6 Å². The number of carbonyl (C=O) groups excluding carboxylic acids is 1. The Morgan fingerprint density at radius 1 is 1.54 bits per heavy atom. The van der Waals surface area contributed by atoms with Crippen molar-refractivity contribution in [3.8, 4) is 0 Å². The quantitative estimate of drug-likeness (QED) is 0.710. The Labute approximate surface area is 83.2 Å². The smallest absolute Gasteiger partial charge is 0.237 e. The van der Waals surface area contributed by atoms with Gasteiger partial charge in [0.05, 0.1) is 13.2 Å². The number of carbonyl (C=O) groups is 1. The standard InChI is InChI=1S/C9H16N2OS/c1-13-8-3-2-7(4-8)11-6-10-5-9(11)12/h7-8,10H,2-6H2,1H3. The van der Waals surface area contributed by atoms with Crippen LogP contribution in [0.15, 0.2) is 0 Å². The summed E-state index contributed by atoms with van der Waals surface area (Å²) < 4.78 is 0. The number of hydrogen-bond donors (Lipinski definition) is 1. The first kappa shape index (κ1) is 9.34. The number of nitrogens with one attached hydrogen (secondary N) is 1. The summed E-state index contributed by atoms with van der Waals surface area (Å²) in [5, 5.41) is 3.88. The molecule has 2 rings (SSSR count). The maximum absolute atomic E-state index is 11.4. The molecule has 2 atom stereocenters. The summed E-state index contributed by atoms with van der Waals surface area (Å²) >= 11 is 1.94. The lowest BCUT2D eigenvalue weighted by Gasteiger charge is -2.22. The summed E-state index contributed by atoms with van der Waals surface area (Å²) in [5.41, 5.74) is 0. The average Bonchev–Trinajstić information content (AvgIpc) is 2.71. The lowest BCUT2D eigenvalue weighted by Crippen LogP contribution is -2.35. The lowest BCUT2D eigenvalue weighted by atomic mass is 10.2. The van der Waals surface area contributed by atoms with Gasteiger partial charge in [-0.2, -0.15) is 11.8 Å². The molecule has 0 aromatic heterocycles. The van der Waals surface area contributed by atoms with Gasteiger partial charge in [0, 0.05) is 11.3 Å². The molecule has 0 radical (unpaired) electrons. The highest BCUT2D eigenvalue weighted by atomic mass is 32.2. The zero-order valence-corrected chi connectivity index (χ0v) is 8.77. The van der Waals surface area contributed by atoms with Crippen LogP contribution in [-0.2, 0) is 4.79 Å². The van der Waals surface area contributed by atoms with Gasteiger partial charge in [0.25, 0.3) is 0 Å². The predicted octanol–water partition coefficient (Wildman–Crippen LogP) is 0.660. The fourth-order valence-corrected chi connectivity index (χ4v) is 3.01. The van der Waals surface area contributed by atoms with E-state index in [0.717, 1.165) is 11.9 Å². The Balaban J connectivity index is 1.91. The van der Waals surface area contributed by atoms with Crippen molar-refractivity contribution in [3.63, 3.8) is 0 Å². The number of amides is 1. The number of hydrogen-bond acceptors (Lipinski definition) is 3. The van der Waals surface area contributed by atoms with E-state index in [1.54, 1.807) is 0 Å². The molecule has 2 fully saturated rings. The van der Waals surface area contributed by atoms with Crippen LogP contribution in [0.25, 0.3) is 0 Å². The van der Waals surface area contributed by atoms with Crippen LogP contribution < -0.4 is 5.32 Å². The van der Waals surface area contributed by atoms with Gasteiger partial charge in [0.15, 0.2) is 0 Å². The van der Waals surface area contributed by atoms with Crippen LogP contribution in [0.2, 0.25) is 0 Å². The van der Waals surface area contributed by atoms with E-state index in [1.807, 2.05) is 16.7 Å². The van der Waals surface area contributed by atoms with E-state index in [9.17, 15) is 4.79 Å². The second-order valence-corrected chi connectivity index (χ2v) is 4.91. The van der Waals surface area contributed by atoms with E-state index in [0.29, 0.717) is 12.6 Å². The van der Waals surface area contributed by atoms with E-state index in [-0.39, 0.29) is 5.91 Å². The molecule has 74 valence electrons. The maximum Gasteiger partial charge on any atom is 0.237 e. The van der Waals surface area contributed by atoms with Gasteiger partial charge in [-0.25, -0.2) is 0 Å². The first-order chi connectivity index (χ1) is 6.31. The molecule has 2 aliphatic rings. The van der Waals surface area contributed by atoms with Gasteiger partial charge < -0.3 is 4.90 Å². The molecule has 4 heteroatoms. The topological polar surface area (TPSA) is 32.3 Å². The fourth-order valence-electron chi connectivity index (χ4n) is 2.22. The summed E-state index contributed by atoms with van der Waals surface area (Å²) in [6, 6.07) is 0.514. The van der Waals surface area contributed by atoms with Gasteiger partial charge in [-0.05, 0) is 25.5 Å². The summed E-state index contributed by atoms with van der Waals surface area (Å²) in [6.45, 7) is 1.31. The van der Waals surface area contributed by atoms with Crippen LogP contribution in [-0.4, -0.2) is 41.6 Å². The van der Waals surface area contributed by atoms with E-state index in [1.165, 1.54) is 19.3 Å². The SMILES string of the molecule is CSC1CCC(N2CNCC2=O)C1. The molecule has 1 saturated heterocycles. The molecule has 1 heterocycles. The Morgan fingerprint density at radius 2 is 2.38 bits per heavy atom. The van der Waals surface area contributed by atoms with Crippen molar-refractivity contribution in [2.24, 2.45) is 0 Å². The Hall–Kier alpha value is -0.220. The van der Waals surface area contributed by atoms with Crippen molar-refractivity contribution in [1.29, 1.82) is 0 Å².